The van der Waals surface area contributed by atoms with Crippen molar-refractivity contribution in [3.05, 3.63) is 46.3 Å². The Morgan fingerprint density at radius 1 is 1.31 bits per heavy atom. The maximum Gasteiger partial charge on any atom is 0.151 e. The zero-order valence-electron chi connectivity index (χ0n) is 14.4. The van der Waals surface area contributed by atoms with Gasteiger partial charge in [-0.3, -0.25) is 4.57 Å². The highest BCUT2D eigenvalue weighted by atomic mass is 35.5. The van der Waals surface area contributed by atoms with Crippen molar-refractivity contribution in [2.75, 3.05) is 12.8 Å². The van der Waals surface area contributed by atoms with Crippen molar-refractivity contribution in [2.24, 2.45) is 0 Å². The SMILES string of the molecule is COc1ccc(C)c(-n2c(N)c(C#N)c3c4occc4c(C)nc32)c1Cl. The minimum atomic E-state index is 0.261. The Labute approximate surface area is 154 Å². The average molecular weight is 367 g/mol. The van der Waals surface area contributed by atoms with Crippen molar-refractivity contribution in [1.82, 2.24) is 9.55 Å². The molecule has 0 radical (unpaired) electrons. The number of benzene rings is 1. The summed E-state index contributed by atoms with van der Waals surface area (Å²) in [5.74, 6) is 0.777. The number of pyridine rings is 1. The number of methoxy groups -OCH3 is 1. The molecule has 0 saturated heterocycles. The summed E-state index contributed by atoms with van der Waals surface area (Å²) in [4.78, 5) is 4.69. The number of hydrogen-bond acceptors (Lipinski definition) is 5. The summed E-state index contributed by atoms with van der Waals surface area (Å²) in [6.07, 6.45) is 1.58. The third-order valence-electron chi connectivity index (χ3n) is 4.58. The Kier molecular flexibility index (Phi) is 3.56. The molecular formula is C19H15ClN4O2. The minimum Gasteiger partial charge on any atom is -0.495 e. The lowest BCUT2D eigenvalue weighted by atomic mass is 10.1. The van der Waals surface area contributed by atoms with E-state index in [9.17, 15) is 5.26 Å². The van der Waals surface area contributed by atoms with Crippen molar-refractivity contribution in [3.63, 3.8) is 0 Å². The molecule has 0 fully saturated rings. The Hall–Kier alpha value is -3.17. The van der Waals surface area contributed by atoms with Crippen LogP contribution in [0, 0.1) is 25.2 Å². The van der Waals surface area contributed by atoms with Crippen LogP contribution in [0.5, 0.6) is 5.75 Å². The number of aryl methyl sites for hydroxylation is 2. The lowest BCUT2D eigenvalue weighted by Gasteiger charge is -2.15. The molecule has 0 amide bonds. The van der Waals surface area contributed by atoms with Gasteiger partial charge in [-0.25, -0.2) is 4.98 Å². The number of hydrogen-bond donors (Lipinski definition) is 1. The van der Waals surface area contributed by atoms with Gasteiger partial charge in [0.15, 0.2) is 5.65 Å². The van der Waals surface area contributed by atoms with Crippen LogP contribution in [0.25, 0.3) is 27.7 Å². The molecule has 0 aliphatic rings. The highest BCUT2D eigenvalue weighted by Gasteiger charge is 2.25. The Morgan fingerprint density at radius 2 is 2.08 bits per heavy atom. The number of halogens is 1. The van der Waals surface area contributed by atoms with E-state index in [1.54, 1.807) is 24.0 Å². The predicted octanol–water partition coefficient (Wildman–Crippen LogP) is 4.50. The number of nitrogens with two attached hydrogens (primary N) is 1. The molecule has 6 nitrogen and oxygen atoms in total. The van der Waals surface area contributed by atoms with E-state index in [2.05, 4.69) is 6.07 Å². The third-order valence-corrected chi connectivity index (χ3v) is 4.94. The van der Waals surface area contributed by atoms with E-state index >= 15 is 0 Å². The first-order chi connectivity index (χ1) is 12.5. The second kappa shape index (κ2) is 5.68. The number of furan rings is 1. The standard InChI is InChI=1S/C19H15ClN4O2/c1-9-4-5-13(25-3)15(20)16(9)24-18(22)12(8-21)14-17-11(6-7-26-17)10(2)23-19(14)24/h4-7H,22H2,1-3H3. The van der Waals surface area contributed by atoms with Crippen molar-refractivity contribution >= 4 is 39.4 Å². The monoisotopic (exact) mass is 366 g/mol. The molecule has 1 aromatic carbocycles. The summed E-state index contributed by atoms with van der Waals surface area (Å²) in [6.45, 7) is 3.80. The molecule has 0 aliphatic carbocycles. The molecule has 0 unspecified atom stereocenters. The van der Waals surface area contributed by atoms with E-state index in [4.69, 9.17) is 31.5 Å². The maximum absolute atomic E-state index is 9.71. The highest BCUT2D eigenvalue weighted by molar-refractivity contribution is 6.34. The van der Waals surface area contributed by atoms with E-state index < -0.39 is 0 Å². The lowest BCUT2D eigenvalue weighted by Crippen LogP contribution is -2.05. The summed E-state index contributed by atoms with van der Waals surface area (Å²) in [5, 5.41) is 11.5. The first-order valence-electron chi connectivity index (χ1n) is 7.90. The lowest BCUT2D eigenvalue weighted by molar-refractivity contribution is 0.415. The van der Waals surface area contributed by atoms with Gasteiger partial charge < -0.3 is 14.9 Å². The molecule has 0 saturated carbocycles. The van der Waals surface area contributed by atoms with Gasteiger partial charge in [0.05, 0.1) is 30.1 Å². The Bertz CT molecular complexity index is 1230. The molecule has 26 heavy (non-hydrogen) atoms. The van der Waals surface area contributed by atoms with Crippen LogP contribution in [0.1, 0.15) is 16.8 Å². The number of nitrogens with zero attached hydrogens (tertiary/aromatic N) is 3. The Balaban J connectivity index is 2.25. The van der Waals surface area contributed by atoms with Gasteiger partial charge in [-0.1, -0.05) is 17.7 Å². The molecule has 0 spiro atoms. The van der Waals surface area contributed by atoms with Crippen molar-refractivity contribution < 1.29 is 9.15 Å². The Morgan fingerprint density at radius 3 is 2.77 bits per heavy atom. The van der Waals surface area contributed by atoms with Crippen LogP contribution in [0.2, 0.25) is 5.02 Å². The van der Waals surface area contributed by atoms with Crippen LogP contribution in [0.15, 0.2) is 28.9 Å². The highest BCUT2D eigenvalue weighted by Crippen LogP contribution is 2.41. The summed E-state index contributed by atoms with van der Waals surface area (Å²) in [5.41, 5.74) is 10.1. The van der Waals surface area contributed by atoms with Gasteiger partial charge in [-0.15, -0.1) is 0 Å². The van der Waals surface area contributed by atoms with Gasteiger partial charge in [-0.05, 0) is 31.5 Å². The van der Waals surface area contributed by atoms with Gasteiger partial charge in [0, 0.05) is 5.39 Å². The quantitative estimate of drug-likeness (QED) is 0.564. The van der Waals surface area contributed by atoms with Crippen LogP contribution in [-0.2, 0) is 0 Å². The molecule has 3 aromatic heterocycles. The maximum atomic E-state index is 9.71. The smallest absolute Gasteiger partial charge is 0.151 e. The second-order valence-electron chi connectivity index (χ2n) is 6.01. The van der Waals surface area contributed by atoms with Crippen molar-refractivity contribution in [3.8, 4) is 17.5 Å². The first kappa shape index (κ1) is 16.3. The summed E-state index contributed by atoms with van der Waals surface area (Å²) in [7, 11) is 1.55. The molecule has 0 aliphatic heterocycles. The van der Waals surface area contributed by atoms with Gasteiger partial charge >= 0.3 is 0 Å². The number of nitriles is 1. The fraction of sp³-hybridized carbons (Fsp3) is 0.158. The minimum absolute atomic E-state index is 0.261. The molecule has 7 heteroatoms. The fourth-order valence-corrected chi connectivity index (χ4v) is 3.69. The zero-order valence-corrected chi connectivity index (χ0v) is 15.2. The van der Waals surface area contributed by atoms with Crippen LogP contribution in [-0.4, -0.2) is 16.7 Å². The molecule has 4 aromatic rings. The second-order valence-corrected chi connectivity index (χ2v) is 6.39. The molecule has 130 valence electrons. The van der Waals surface area contributed by atoms with E-state index in [1.807, 2.05) is 26.0 Å². The number of anilines is 1. The van der Waals surface area contributed by atoms with Gasteiger partial charge in [-0.2, -0.15) is 5.26 Å². The van der Waals surface area contributed by atoms with Crippen molar-refractivity contribution in [2.45, 2.75) is 13.8 Å². The summed E-state index contributed by atoms with van der Waals surface area (Å²) < 4.78 is 12.7. The van der Waals surface area contributed by atoms with Gasteiger partial charge in [0.25, 0.3) is 0 Å². The normalized spacial score (nSPS) is 11.2. The molecular weight excluding hydrogens is 352 g/mol. The van der Waals surface area contributed by atoms with Gasteiger partial charge in [0.2, 0.25) is 0 Å². The first-order valence-corrected chi connectivity index (χ1v) is 8.28. The average Bonchev–Trinajstić information content (AvgIpc) is 3.20. The van der Waals surface area contributed by atoms with Crippen LogP contribution in [0.4, 0.5) is 5.82 Å². The summed E-state index contributed by atoms with van der Waals surface area (Å²) >= 11 is 6.57. The summed E-state index contributed by atoms with van der Waals surface area (Å²) in [6, 6.07) is 7.68. The van der Waals surface area contributed by atoms with Crippen LogP contribution in [0.3, 0.4) is 0 Å². The number of ether oxygens (including phenoxy) is 1. The molecule has 2 N–H and O–H groups in total. The zero-order chi connectivity index (χ0) is 18.6. The largest absolute Gasteiger partial charge is 0.495 e. The van der Waals surface area contributed by atoms with E-state index in [0.29, 0.717) is 38.6 Å². The third kappa shape index (κ3) is 2.01. The topological polar surface area (TPSA) is 90.0 Å². The van der Waals surface area contributed by atoms with E-state index in [-0.39, 0.29) is 5.82 Å². The fourth-order valence-electron chi connectivity index (χ4n) is 3.32. The van der Waals surface area contributed by atoms with Crippen LogP contribution < -0.4 is 10.5 Å². The number of nitrogen functional groups attached to an aromatic ring is 1. The predicted molar refractivity (Wildman–Crippen MR) is 101 cm³/mol. The van der Waals surface area contributed by atoms with Crippen molar-refractivity contribution in [1.29, 1.82) is 5.26 Å². The molecule has 0 atom stereocenters. The molecule has 4 rings (SSSR count). The van der Waals surface area contributed by atoms with E-state index in [0.717, 1.165) is 16.6 Å². The molecule has 3 heterocycles. The number of aromatic nitrogens is 2. The molecule has 0 bridgehead atoms. The number of rotatable bonds is 2. The van der Waals surface area contributed by atoms with Gasteiger partial charge in [0.1, 0.15) is 33.8 Å². The van der Waals surface area contributed by atoms with E-state index in [1.165, 1.54) is 0 Å². The van der Waals surface area contributed by atoms with Crippen LogP contribution >= 0.6 is 11.6 Å². The number of fused-ring (bicyclic) bond motifs is 3.